The van der Waals surface area contributed by atoms with Gasteiger partial charge in [-0.15, -0.1) is 0 Å². The number of allylic oxidation sites excluding steroid dienone is 2. The fraction of sp³-hybridized carbons (Fsp3) is 0.200. The van der Waals surface area contributed by atoms with E-state index < -0.39 is 4.46 Å². The predicted molar refractivity (Wildman–Crippen MR) is 35.9 cm³/mol. The zero-order chi connectivity index (χ0) is 6.20. The van der Waals surface area contributed by atoms with Crippen LogP contribution in [0, 0.1) is 0 Å². The standard InChI is InChI=1S/C5H5Cl2N/c1-2-3-4-5(6,7)8-4/h2-3,8H,1H2/b4-3-. The van der Waals surface area contributed by atoms with Crippen LogP contribution in [0.25, 0.3) is 0 Å². The van der Waals surface area contributed by atoms with Crippen LogP contribution in [-0.4, -0.2) is 4.46 Å². The Labute approximate surface area is 58.0 Å². The molecule has 44 valence electrons. The number of alkyl halides is 2. The van der Waals surface area contributed by atoms with Crippen molar-refractivity contribution in [2.24, 2.45) is 0 Å². The lowest BCUT2D eigenvalue weighted by Gasteiger charge is -1.78. The largest absolute Gasteiger partial charge is 0.349 e. The molecule has 1 heterocycles. The lowest BCUT2D eigenvalue weighted by Crippen LogP contribution is -1.87. The Morgan fingerprint density at radius 1 is 1.62 bits per heavy atom. The quantitative estimate of drug-likeness (QED) is 0.343. The summed E-state index contributed by atoms with van der Waals surface area (Å²) in [4.78, 5) is 0. The van der Waals surface area contributed by atoms with Crippen LogP contribution in [0.5, 0.6) is 0 Å². The first kappa shape index (κ1) is 5.99. The number of hydrogen-bond donors (Lipinski definition) is 1. The highest BCUT2D eigenvalue weighted by Crippen LogP contribution is 2.39. The lowest BCUT2D eigenvalue weighted by molar-refractivity contribution is 1.23. The third kappa shape index (κ3) is 0.984. The third-order valence-corrected chi connectivity index (χ3v) is 1.45. The Balaban J connectivity index is 2.59. The van der Waals surface area contributed by atoms with Gasteiger partial charge < -0.3 is 5.32 Å². The molecule has 0 radical (unpaired) electrons. The molecule has 1 aliphatic heterocycles. The van der Waals surface area contributed by atoms with Crippen molar-refractivity contribution in [1.29, 1.82) is 0 Å². The van der Waals surface area contributed by atoms with Gasteiger partial charge in [0, 0.05) is 0 Å². The highest BCUT2D eigenvalue weighted by atomic mass is 35.5. The molecule has 3 heteroatoms. The van der Waals surface area contributed by atoms with Gasteiger partial charge in [0.2, 0.25) is 4.46 Å². The first-order chi connectivity index (χ1) is 3.67. The molecular formula is C5H5Cl2N. The molecule has 1 rings (SSSR count). The van der Waals surface area contributed by atoms with E-state index in [1.54, 1.807) is 12.2 Å². The van der Waals surface area contributed by atoms with Crippen molar-refractivity contribution in [2.75, 3.05) is 0 Å². The van der Waals surface area contributed by atoms with Crippen molar-refractivity contribution in [2.45, 2.75) is 4.46 Å². The Hall–Kier alpha value is -0.140. The summed E-state index contributed by atoms with van der Waals surface area (Å²) in [6, 6.07) is 0. The van der Waals surface area contributed by atoms with Gasteiger partial charge >= 0.3 is 0 Å². The molecule has 0 aromatic rings. The fourth-order valence-corrected chi connectivity index (χ4v) is 0.732. The normalized spacial score (nSPS) is 27.0. The van der Waals surface area contributed by atoms with E-state index in [1.165, 1.54) is 0 Å². The summed E-state index contributed by atoms with van der Waals surface area (Å²) >= 11 is 11.0. The Morgan fingerprint density at radius 3 is 2.25 bits per heavy atom. The van der Waals surface area contributed by atoms with Crippen LogP contribution in [0.3, 0.4) is 0 Å². The van der Waals surface area contributed by atoms with Crippen molar-refractivity contribution < 1.29 is 0 Å². The van der Waals surface area contributed by atoms with Crippen LogP contribution in [-0.2, 0) is 0 Å². The minimum atomic E-state index is -0.797. The SMILES string of the molecule is C=C/C=C1\NC1(Cl)Cl. The van der Waals surface area contributed by atoms with Gasteiger partial charge in [-0.05, 0) is 6.08 Å². The molecule has 1 nitrogen and oxygen atoms in total. The van der Waals surface area contributed by atoms with Crippen LogP contribution < -0.4 is 5.32 Å². The summed E-state index contributed by atoms with van der Waals surface area (Å²) in [6.07, 6.45) is 3.37. The van der Waals surface area contributed by atoms with E-state index in [0.717, 1.165) is 5.70 Å². The second-order valence-electron chi connectivity index (χ2n) is 1.52. The van der Waals surface area contributed by atoms with Gasteiger partial charge in [0.25, 0.3) is 0 Å². The first-order valence-corrected chi connectivity index (χ1v) is 2.91. The minimum Gasteiger partial charge on any atom is -0.349 e. The number of nitrogens with one attached hydrogen (secondary N) is 1. The van der Waals surface area contributed by atoms with E-state index in [9.17, 15) is 0 Å². The highest BCUT2D eigenvalue weighted by Gasteiger charge is 2.44. The number of hydrogen-bond acceptors (Lipinski definition) is 1. The first-order valence-electron chi connectivity index (χ1n) is 2.16. The molecule has 1 saturated heterocycles. The summed E-state index contributed by atoms with van der Waals surface area (Å²) in [6.45, 7) is 3.47. The molecule has 8 heavy (non-hydrogen) atoms. The average Bonchev–Trinajstić information content (AvgIpc) is 2.15. The fourth-order valence-electron chi connectivity index (χ4n) is 0.402. The predicted octanol–water partition coefficient (Wildman–Crippen LogP) is 1.79. The van der Waals surface area contributed by atoms with Crippen LogP contribution >= 0.6 is 23.2 Å². The summed E-state index contributed by atoms with van der Waals surface area (Å²) in [5.41, 5.74) is 0.816. The maximum Gasteiger partial charge on any atom is 0.228 e. The van der Waals surface area contributed by atoms with E-state index in [2.05, 4.69) is 11.9 Å². The van der Waals surface area contributed by atoms with Crippen LogP contribution in [0.15, 0.2) is 24.4 Å². The number of rotatable bonds is 1. The molecule has 1 aliphatic rings. The van der Waals surface area contributed by atoms with Gasteiger partial charge in [-0.2, -0.15) is 0 Å². The lowest BCUT2D eigenvalue weighted by atomic mass is 10.5. The minimum absolute atomic E-state index is 0.797. The molecule has 1 fully saturated rings. The Kier molecular flexibility index (Phi) is 1.25. The second kappa shape index (κ2) is 1.67. The summed E-state index contributed by atoms with van der Waals surface area (Å²) < 4.78 is -0.797. The van der Waals surface area contributed by atoms with Crippen molar-refractivity contribution >= 4 is 23.2 Å². The van der Waals surface area contributed by atoms with Crippen molar-refractivity contribution in [1.82, 2.24) is 5.32 Å². The molecule has 0 atom stereocenters. The number of halogens is 2. The molecule has 0 unspecified atom stereocenters. The van der Waals surface area contributed by atoms with Crippen molar-refractivity contribution in [3.05, 3.63) is 24.4 Å². The molecule has 0 spiro atoms. The van der Waals surface area contributed by atoms with Gasteiger partial charge in [0.15, 0.2) is 0 Å². The van der Waals surface area contributed by atoms with Crippen LogP contribution in [0.1, 0.15) is 0 Å². The Morgan fingerprint density at radius 2 is 2.12 bits per heavy atom. The van der Waals surface area contributed by atoms with Crippen LogP contribution in [0.4, 0.5) is 0 Å². The topological polar surface area (TPSA) is 21.9 Å². The molecule has 1 N–H and O–H groups in total. The smallest absolute Gasteiger partial charge is 0.228 e. The zero-order valence-electron chi connectivity index (χ0n) is 4.12. The maximum absolute atomic E-state index is 5.52. The summed E-state index contributed by atoms with van der Waals surface area (Å²) in [5, 5.41) is 2.73. The van der Waals surface area contributed by atoms with Gasteiger partial charge in [0.05, 0.1) is 5.70 Å². The molecule has 0 saturated carbocycles. The van der Waals surface area contributed by atoms with E-state index in [4.69, 9.17) is 23.2 Å². The summed E-state index contributed by atoms with van der Waals surface area (Å²) in [5.74, 6) is 0. The van der Waals surface area contributed by atoms with E-state index >= 15 is 0 Å². The zero-order valence-corrected chi connectivity index (χ0v) is 5.63. The van der Waals surface area contributed by atoms with Gasteiger partial charge in [-0.25, -0.2) is 0 Å². The molecule has 0 aromatic carbocycles. The maximum atomic E-state index is 5.52. The second-order valence-corrected chi connectivity index (χ2v) is 2.84. The average molecular weight is 150 g/mol. The molecule has 0 bridgehead atoms. The molecule has 0 aliphatic carbocycles. The van der Waals surface area contributed by atoms with E-state index in [1.807, 2.05) is 0 Å². The monoisotopic (exact) mass is 149 g/mol. The Bertz CT molecular complexity index is 149. The third-order valence-electron chi connectivity index (χ3n) is 0.852. The summed E-state index contributed by atoms with van der Waals surface area (Å²) in [7, 11) is 0. The van der Waals surface area contributed by atoms with Crippen molar-refractivity contribution in [3.63, 3.8) is 0 Å². The van der Waals surface area contributed by atoms with E-state index in [0.29, 0.717) is 0 Å². The van der Waals surface area contributed by atoms with Gasteiger partial charge in [-0.3, -0.25) is 0 Å². The highest BCUT2D eigenvalue weighted by molar-refractivity contribution is 6.53. The van der Waals surface area contributed by atoms with E-state index in [-0.39, 0.29) is 0 Å². The molecule has 0 amide bonds. The van der Waals surface area contributed by atoms with Crippen molar-refractivity contribution in [3.8, 4) is 0 Å². The molecule has 0 aromatic heterocycles. The van der Waals surface area contributed by atoms with Gasteiger partial charge in [0.1, 0.15) is 0 Å². The van der Waals surface area contributed by atoms with Crippen LogP contribution in [0.2, 0.25) is 0 Å². The van der Waals surface area contributed by atoms with Gasteiger partial charge in [-0.1, -0.05) is 35.9 Å². The molecular weight excluding hydrogens is 145 g/mol.